The molecule has 174 valence electrons. The fourth-order valence-electron chi connectivity index (χ4n) is 6.01. The van der Waals surface area contributed by atoms with Crippen molar-refractivity contribution < 1.29 is 22.2 Å². The SMILES string of the molecule is CC(C)N1c2ccc3ccc(C[N+]45CC[N+](CCON)(CC4)CC5)cc3c2N(C)S1(=O)=O. The molecule has 0 unspecified atom stereocenters. The van der Waals surface area contributed by atoms with Crippen LogP contribution in [0.15, 0.2) is 30.3 Å². The number of nitrogens with zero attached hydrogens (tertiary/aromatic N) is 4. The third-order valence-electron chi connectivity index (χ3n) is 8.00. The average molecular weight is 462 g/mol. The summed E-state index contributed by atoms with van der Waals surface area (Å²) in [7, 11) is -1.87. The van der Waals surface area contributed by atoms with Gasteiger partial charge in [-0.25, -0.2) is 10.2 Å². The van der Waals surface area contributed by atoms with Crippen molar-refractivity contribution in [2.24, 2.45) is 5.90 Å². The topological polar surface area (TPSA) is 75.9 Å². The maximum Gasteiger partial charge on any atom is 0.326 e. The van der Waals surface area contributed by atoms with Crippen LogP contribution in [0.3, 0.4) is 0 Å². The van der Waals surface area contributed by atoms with E-state index >= 15 is 0 Å². The molecule has 2 bridgehead atoms. The van der Waals surface area contributed by atoms with E-state index in [9.17, 15) is 8.42 Å². The Morgan fingerprint density at radius 1 is 1.03 bits per heavy atom. The Bertz CT molecular complexity index is 1130. The van der Waals surface area contributed by atoms with Gasteiger partial charge in [-0.15, -0.1) is 0 Å². The molecule has 6 rings (SSSR count). The number of anilines is 2. The number of piperazine rings is 3. The van der Waals surface area contributed by atoms with Crippen molar-refractivity contribution in [3.8, 4) is 0 Å². The van der Waals surface area contributed by atoms with Crippen LogP contribution in [-0.2, 0) is 21.6 Å². The first-order valence-electron chi connectivity index (χ1n) is 11.6. The lowest BCUT2D eigenvalue weighted by Gasteiger charge is -2.55. The van der Waals surface area contributed by atoms with Crippen LogP contribution in [0.4, 0.5) is 11.4 Å². The maximum absolute atomic E-state index is 13.1. The molecule has 2 aromatic rings. The summed E-state index contributed by atoms with van der Waals surface area (Å²) in [5.41, 5.74) is 2.86. The zero-order valence-corrected chi connectivity index (χ0v) is 20.1. The molecule has 0 spiro atoms. The predicted octanol–water partition coefficient (Wildman–Crippen LogP) is 1.80. The first kappa shape index (κ1) is 21.9. The zero-order chi connectivity index (χ0) is 22.7. The zero-order valence-electron chi connectivity index (χ0n) is 19.3. The van der Waals surface area contributed by atoms with E-state index in [-0.39, 0.29) is 6.04 Å². The molecule has 3 saturated heterocycles. The summed E-state index contributed by atoms with van der Waals surface area (Å²) in [4.78, 5) is 4.86. The van der Waals surface area contributed by atoms with Crippen molar-refractivity contribution in [2.75, 3.05) is 68.1 Å². The van der Waals surface area contributed by atoms with E-state index in [1.54, 1.807) is 7.05 Å². The van der Waals surface area contributed by atoms with Crippen LogP contribution in [0.5, 0.6) is 0 Å². The quantitative estimate of drug-likeness (QED) is 0.526. The monoisotopic (exact) mass is 461 g/mol. The molecule has 4 heterocycles. The molecule has 4 aliphatic rings. The van der Waals surface area contributed by atoms with E-state index in [4.69, 9.17) is 10.7 Å². The summed E-state index contributed by atoms with van der Waals surface area (Å²) in [5, 5.41) is 2.10. The van der Waals surface area contributed by atoms with Gasteiger partial charge in [0.2, 0.25) is 0 Å². The Kier molecular flexibility index (Phi) is 5.18. The normalized spacial score (nSPS) is 28.7. The number of quaternary nitrogens is 2. The van der Waals surface area contributed by atoms with Gasteiger partial charge >= 0.3 is 10.2 Å². The van der Waals surface area contributed by atoms with Crippen molar-refractivity contribution in [3.63, 3.8) is 0 Å². The minimum absolute atomic E-state index is 0.132. The van der Waals surface area contributed by atoms with Crippen LogP contribution in [0, 0.1) is 0 Å². The van der Waals surface area contributed by atoms with E-state index in [0.29, 0.717) is 6.61 Å². The molecular weight excluding hydrogens is 426 g/mol. The third kappa shape index (κ3) is 3.30. The van der Waals surface area contributed by atoms with Crippen LogP contribution >= 0.6 is 0 Å². The molecular formula is C23H35N5O3S+2. The number of hydrogen-bond acceptors (Lipinski definition) is 4. The Morgan fingerprint density at radius 3 is 2.28 bits per heavy atom. The first-order chi connectivity index (χ1) is 15.2. The van der Waals surface area contributed by atoms with Crippen LogP contribution in [-0.4, -0.2) is 82.9 Å². The molecule has 2 N–H and O–H groups in total. The molecule has 32 heavy (non-hydrogen) atoms. The number of hydrogen-bond donors (Lipinski definition) is 1. The van der Waals surface area contributed by atoms with Crippen molar-refractivity contribution >= 4 is 32.4 Å². The minimum atomic E-state index is -3.54. The largest absolute Gasteiger partial charge is 0.326 e. The number of benzene rings is 2. The Hall–Kier alpha value is -1.91. The summed E-state index contributed by atoms with van der Waals surface area (Å²) in [6.07, 6.45) is 0. The van der Waals surface area contributed by atoms with Crippen LogP contribution in [0.25, 0.3) is 10.8 Å². The molecule has 0 amide bonds. The van der Waals surface area contributed by atoms with Gasteiger partial charge in [0.25, 0.3) is 0 Å². The van der Waals surface area contributed by atoms with Crippen LogP contribution in [0.2, 0.25) is 0 Å². The fraction of sp³-hybridized carbons (Fsp3) is 0.565. The second-order valence-electron chi connectivity index (χ2n) is 10.1. The van der Waals surface area contributed by atoms with Gasteiger partial charge in [0, 0.05) is 24.0 Å². The van der Waals surface area contributed by atoms with Gasteiger partial charge in [-0.2, -0.15) is 8.42 Å². The highest BCUT2D eigenvalue weighted by Crippen LogP contribution is 2.46. The Balaban J connectivity index is 1.46. The summed E-state index contributed by atoms with van der Waals surface area (Å²) in [6, 6.07) is 10.4. The van der Waals surface area contributed by atoms with E-state index in [0.717, 1.165) is 44.2 Å². The van der Waals surface area contributed by atoms with E-state index in [1.807, 2.05) is 26.0 Å². The Morgan fingerprint density at radius 2 is 1.66 bits per heavy atom. The van der Waals surface area contributed by atoms with Crippen molar-refractivity contribution in [2.45, 2.75) is 26.4 Å². The van der Waals surface area contributed by atoms with Gasteiger partial charge in [0.1, 0.15) is 59.0 Å². The fourth-order valence-corrected chi connectivity index (χ4v) is 7.63. The van der Waals surface area contributed by atoms with Gasteiger partial charge < -0.3 is 8.97 Å². The van der Waals surface area contributed by atoms with Crippen molar-refractivity contribution in [3.05, 3.63) is 35.9 Å². The smallest absolute Gasteiger partial charge is 0.308 e. The highest BCUT2D eigenvalue weighted by molar-refractivity contribution is 7.94. The summed E-state index contributed by atoms with van der Waals surface area (Å²) in [6.45, 7) is 13.5. The third-order valence-corrected chi connectivity index (χ3v) is 9.99. The summed E-state index contributed by atoms with van der Waals surface area (Å²) < 4.78 is 31.4. The Labute approximate surface area is 191 Å². The van der Waals surface area contributed by atoms with E-state index in [2.05, 4.69) is 18.2 Å². The number of fused-ring (bicyclic) bond motifs is 6. The second-order valence-corrected chi connectivity index (χ2v) is 12.0. The standard InChI is InChI=1S/C23H35N5O3S/c1-18(2)26-22-7-6-20-5-4-19(16-21(20)23(22)25(3)32(26,29)30)17-28-11-8-27(9-12-28,10-13-28)14-15-31-24/h4-7,16,18H,8-15,17,24H2,1-3H3/q+2. The first-order valence-corrected chi connectivity index (χ1v) is 13.0. The van der Waals surface area contributed by atoms with Crippen LogP contribution in [0.1, 0.15) is 19.4 Å². The molecule has 3 fully saturated rings. The van der Waals surface area contributed by atoms with E-state index < -0.39 is 10.2 Å². The molecule has 8 nitrogen and oxygen atoms in total. The summed E-state index contributed by atoms with van der Waals surface area (Å²) in [5.74, 6) is 5.28. The van der Waals surface area contributed by atoms with Crippen LogP contribution < -0.4 is 14.5 Å². The van der Waals surface area contributed by atoms with E-state index in [1.165, 1.54) is 53.4 Å². The maximum atomic E-state index is 13.1. The minimum Gasteiger partial charge on any atom is -0.308 e. The number of nitrogens with two attached hydrogens (primary N) is 1. The lowest BCUT2D eigenvalue weighted by atomic mass is 10.0. The highest BCUT2D eigenvalue weighted by Gasteiger charge is 2.48. The molecule has 0 atom stereocenters. The second kappa shape index (κ2) is 7.56. The van der Waals surface area contributed by atoms with Crippen molar-refractivity contribution in [1.82, 2.24) is 0 Å². The predicted molar refractivity (Wildman–Crippen MR) is 127 cm³/mol. The number of rotatable bonds is 6. The lowest BCUT2D eigenvalue weighted by Crippen LogP contribution is -2.75. The lowest BCUT2D eigenvalue weighted by molar-refractivity contribution is -1.09. The summed E-state index contributed by atoms with van der Waals surface area (Å²) >= 11 is 0. The van der Waals surface area contributed by atoms with Gasteiger partial charge in [0.05, 0.1) is 11.4 Å². The molecule has 0 aromatic heterocycles. The molecule has 0 aliphatic carbocycles. The van der Waals surface area contributed by atoms with Crippen molar-refractivity contribution in [1.29, 1.82) is 0 Å². The molecule has 4 aliphatic heterocycles. The van der Waals surface area contributed by atoms with Gasteiger partial charge in [-0.05, 0) is 31.4 Å². The average Bonchev–Trinajstić information content (AvgIpc) is 2.99. The highest BCUT2D eigenvalue weighted by atomic mass is 32.2. The van der Waals surface area contributed by atoms with Gasteiger partial charge in [-0.1, -0.05) is 18.2 Å². The van der Waals surface area contributed by atoms with Gasteiger partial charge in [-0.3, -0.25) is 9.14 Å². The molecule has 9 heteroatoms. The molecule has 2 aromatic carbocycles. The molecule has 0 radical (unpaired) electrons. The molecule has 0 saturated carbocycles. The van der Waals surface area contributed by atoms with Gasteiger partial charge in [0.15, 0.2) is 0 Å².